The first-order valence-electron chi connectivity index (χ1n) is 10.4. The largest absolute Gasteiger partial charge is 0.488 e. The molecule has 0 spiro atoms. The van der Waals surface area contributed by atoms with Crippen molar-refractivity contribution in [3.05, 3.63) is 113 Å². The van der Waals surface area contributed by atoms with Gasteiger partial charge < -0.3 is 4.74 Å². The number of carbonyl (C=O) groups excluding carboxylic acids is 2. The Morgan fingerprint density at radius 2 is 1.58 bits per heavy atom. The third kappa shape index (κ3) is 4.06. The van der Waals surface area contributed by atoms with Crippen LogP contribution in [0.5, 0.6) is 5.75 Å². The molecule has 2 amide bonds. The number of hydrazine groups is 1. The standard InChI is InChI=1S/C27H19ClN2O3/c28-24-13-7-5-9-19(24)17-33-25-15-14-18-8-4-6-12-21(18)22(25)16-23-26(31)29-30(27(23)32)20-10-2-1-3-11-20/h1-16H,17H2,(H,29,31)/b23-16-. The Morgan fingerprint density at radius 1 is 0.848 bits per heavy atom. The minimum absolute atomic E-state index is 0.0396. The van der Waals surface area contributed by atoms with Crippen LogP contribution in [-0.2, 0) is 16.2 Å². The van der Waals surface area contributed by atoms with E-state index in [0.29, 0.717) is 22.0 Å². The van der Waals surface area contributed by atoms with Gasteiger partial charge in [0.25, 0.3) is 11.8 Å². The van der Waals surface area contributed by atoms with Crippen LogP contribution in [0.2, 0.25) is 5.02 Å². The molecule has 5 nitrogen and oxygen atoms in total. The Balaban J connectivity index is 1.56. The van der Waals surface area contributed by atoms with Gasteiger partial charge in [0.05, 0.1) is 5.69 Å². The molecular formula is C27H19ClN2O3. The Morgan fingerprint density at radius 3 is 2.39 bits per heavy atom. The molecule has 0 aliphatic carbocycles. The quantitative estimate of drug-likeness (QED) is 0.318. The molecule has 1 aliphatic heterocycles. The number of halogens is 1. The number of ether oxygens (including phenoxy) is 1. The summed E-state index contributed by atoms with van der Waals surface area (Å²) >= 11 is 6.28. The number of anilines is 1. The molecule has 1 N–H and O–H groups in total. The lowest BCUT2D eigenvalue weighted by Crippen LogP contribution is -2.35. The summed E-state index contributed by atoms with van der Waals surface area (Å²) in [6.07, 6.45) is 1.60. The molecule has 4 aromatic carbocycles. The molecular weight excluding hydrogens is 436 g/mol. The number of hydrogen-bond acceptors (Lipinski definition) is 3. The van der Waals surface area contributed by atoms with Gasteiger partial charge in [-0.15, -0.1) is 0 Å². The monoisotopic (exact) mass is 454 g/mol. The molecule has 4 aromatic rings. The number of carbonyl (C=O) groups is 2. The zero-order valence-electron chi connectivity index (χ0n) is 17.5. The van der Waals surface area contributed by atoms with Crippen LogP contribution in [0.25, 0.3) is 16.8 Å². The molecule has 0 bridgehead atoms. The normalized spacial score (nSPS) is 14.7. The second-order valence-corrected chi connectivity index (χ2v) is 7.96. The third-order valence-corrected chi connectivity index (χ3v) is 5.83. The van der Waals surface area contributed by atoms with Crippen molar-refractivity contribution in [2.45, 2.75) is 6.61 Å². The van der Waals surface area contributed by atoms with Crippen LogP contribution in [0.1, 0.15) is 11.1 Å². The highest BCUT2D eigenvalue weighted by Crippen LogP contribution is 2.33. The highest BCUT2D eigenvalue weighted by atomic mass is 35.5. The zero-order chi connectivity index (χ0) is 22.8. The highest BCUT2D eigenvalue weighted by Gasteiger charge is 2.34. The van der Waals surface area contributed by atoms with Crippen molar-refractivity contribution in [3.63, 3.8) is 0 Å². The fraction of sp³-hybridized carbons (Fsp3) is 0.0370. The lowest BCUT2D eigenvalue weighted by atomic mass is 10.0. The summed E-state index contributed by atoms with van der Waals surface area (Å²) in [7, 11) is 0. The number of rotatable bonds is 5. The minimum Gasteiger partial charge on any atom is -0.488 e. The van der Waals surface area contributed by atoms with E-state index in [9.17, 15) is 9.59 Å². The molecule has 0 radical (unpaired) electrons. The van der Waals surface area contributed by atoms with E-state index in [-0.39, 0.29) is 12.2 Å². The molecule has 5 rings (SSSR count). The maximum absolute atomic E-state index is 13.1. The maximum atomic E-state index is 13.1. The number of hydrogen-bond donors (Lipinski definition) is 1. The van der Waals surface area contributed by atoms with Crippen LogP contribution in [0.15, 0.2) is 96.6 Å². The van der Waals surface area contributed by atoms with Crippen molar-refractivity contribution in [2.75, 3.05) is 5.01 Å². The van der Waals surface area contributed by atoms with Gasteiger partial charge in [0, 0.05) is 16.1 Å². The lowest BCUT2D eigenvalue weighted by Gasteiger charge is -2.14. The second-order valence-electron chi connectivity index (χ2n) is 7.55. The molecule has 0 aromatic heterocycles. The Kier molecular flexibility index (Phi) is 5.55. The number of amides is 2. The van der Waals surface area contributed by atoms with Crippen LogP contribution in [0.4, 0.5) is 5.69 Å². The molecule has 0 saturated carbocycles. The zero-order valence-corrected chi connectivity index (χ0v) is 18.3. The number of nitrogens with one attached hydrogen (secondary N) is 1. The van der Waals surface area contributed by atoms with Gasteiger partial charge in [-0.05, 0) is 41.1 Å². The van der Waals surface area contributed by atoms with Crippen molar-refractivity contribution in [1.82, 2.24) is 5.43 Å². The van der Waals surface area contributed by atoms with E-state index in [4.69, 9.17) is 16.3 Å². The SMILES string of the molecule is O=C1NN(c2ccccc2)C(=O)/C1=C\c1c(OCc2ccccc2Cl)ccc2ccccc12. The molecule has 6 heteroatoms. The van der Waals surface area contributed by atoms with Gasteiger partial charge in [0.1, 0.15) is 17.9 Å². The molecule has 0 atom stereocenters. The second kappa shape index (κ2) is 8.81. The van der Waals surface area contributed by atoms with Crippen molar-refractivity contribution in [2.24, 2.45) is 0 Å². The summed E-state index contributed by atoms with van der Waals surface area (Å²) in [5, 5.41) is 3.71. The number of nitrogens with zero attached hydrogens (tertiary/aromatic N) is 1. The molecule has 162 valence electrons. The summed E-state index contributed by atoms with van der Waals surface area (Å²) in [4.78, 5) is 25.9. The van der Waals surface area contributed by atoms with Crippen molar-refractivity contribution < 1.29 is 14.3 Å². The fourth-order valence-electron chi connectivity index (χ4n) is 3.78. The van der Waals surface area contributed by atoms with Crippen molar-refractivity contribution >= 4 is 46.0 Å². The Labute approximate surface area is 195 Å². The fourth-order valence-corrected chi connectivity index (χ4v) is 3.97. The molecule has 1 aliphatic rings. The van der Waals surface area contributed by atoms with Crippen molar-refractivity contribution in [3.8, 4) is 5.75 Å². The van der Waals surface area contributed by atoms with E-state index < -0.39 is 11.8 Å². The molecule has 0 unspecified atom stereocenters. The summed E-state index contributed by atoms with van der Waals surface area (Å²) in [5.41, 5.74) is 4.78. The number of para-hydroxylation sites is 1. The smallest absolute Gasteiger partial charge is 0.282 e. The summed E-state index contributed by atoms with van der Waals surface area (Å²) in [5.74, 6) is -0.329. The van der Waals surface area contributed by atoms with E-state index in [1.165, 1.54) is 5.01 Å². The van der Waals surface area contributed by atoms with E-state index >= 15 is 0 Å². The van der Waals surface area contributed by atoms with Gasteiger partial charge in [-0.3, -0.25) is 15.0 Å². The van der Waals surface area contributed by atoms with E-state index in [0.717, 1.165) is 16.3 Å². The topological polar surface area (TPSA) is 58.6 Å². The van der Waals surface area contributed by atoms with Gasteiger partial charge in [-0.2, -0.15) is 0 Å². The minimum atomic E-state index is -0.464. The first-order valence-corrected chi connectivity index (χ1v) is 10.8. The number of benzene rings is 4. The molecule has 33 heavy (non-hydrogen) atoms. The Bertz CT molecular complexity index is 1400. The Hall–Kier alpha value is -4.09. The summed E-state index contributed by atoms with van der Waals surface area (Å²) < 4.78 is 6.12. The van der Waals surface area contributed by atoms with Gasteiger partial charge in [-0.1, -0.05) is 78.3 Å². The average Bonchev–Trinajstić information content (AvgIpc) is 3.13. The van der Waals surface area contributed by atoms with Crippen LogP contribution in [0, 0.1) is 0 Å². The van der Waals surface area contributed by atoms with Gasteiger partial charge >= 0.3 is 0 Å². The van der Waals surface area contributed by atoms with Crippen LogP contribution >= 0.6 is 11.6 Å². The highest BCUT2D eigenvalue weighted by molar-refractivity contribution is 6.32. The van der Waals surface area contributed by atoms with Crippen molar-refractivity contribution in [1.29, 1.82) is 0 Å². The van der Waals surface area contributed by atoms with Crippen LogP contribution in [-0.4, -0.2) is 11.8 Å². The van der Waals surface area contributed by atoms with E-state index in [2.05, 4.69) is 5.43 Å². The molecule has 1 saturated heterocycles. The summed E-state index contributed by atoms with van der Waals surface area (Å²) in [6.45, 7) is 0.254. The van der Waals surface area contributed by atoms with E-state index in [1.54, 1.807) is 18.2 Å². The van der Waals surface area contributed by atoms with Gasteiger partial charge in [-0.25, -0.2) is 5.01 Å². The van der Waals surface area contributed by atoms with Gasteiger partial charge in [0.15, 0.2) is 0 Å². The third-order valence-electron chi connectivity index (χ3n) is 5.47. The van der Waals surface area contributed by atoms with Crippen LogP contribution in [0.3, 0.4) is 0 Å². The predicted octanol–water partition coefficient (Wildman–Crippen LogP) is 5.53. The molecule has 1 fully saturated rings. The average molecular weight is 455 g/mol. The molecule has 1 heterocycles. The number of fused-ring (bicyclic) bond motifs is 1. The predicted molar refractivity (Wildman–Crippen MR) is 130 cm³/mol. The van der Waals surface area contributed by atoms with Crippen LogP contribution < -0.4 is 15.2 Å². The lowest BCUT2D eigenvalue weighted by molar-refractivity contribution is -0.117. The first kappa shape index (κ1) is 20.8. The van der Waals surface area contributed by atoms with E-state index in [1.807, 2.05) is 78.9 Å². The van der Waals surface area contributed by atoms with Gasteiger partial charge in [0.2, 0.25) is 0 Å². The maximum Gasteiger partial charge on any atom is 0.282 e. The first-order chi connectivity index (χ1) is 16.1. The summed E-state index contributed by atoms with van der Waals surface area (Å²) in [6, 6.07) is 28.0.